The highest BCUT2D eigenvalue weighted by Gasteiger charge is 2.30. The number of carbonyl (C=O) groups excluding carboxylic acids is 1. The van der Waals surface area contributed by atoms with E-state index in [1.165, 1.54) is 25.7 Å². The molecule has 29 heavy (non-hydrogen) atoms. The fraction of sp³-hybridized carbons (Fsp3) is 0.680. The first-order chi connectivity index (χ1) is 14.1. The van der Waals surface area contributed by atoms with Gasteiger partial charge in [-0.05, 0) is 18.4 Å². The number of hydrogen-bond donors (Lipinski definition) is 1. The number of carboxylic acids is 1. The number of rotatable bonds is 18. The summed E-state index contributed by atoms with van der Waals surface area (Å²) in [7, 11) is 0. The maximum absolute atomic E-state index is 12.8. The normalized spacial score (nSPS) is 13.2. The van der Waals surface area contributed by atoms with E-state index in [9.17, 15) is 14.7 Å². The molecule has 0 aromatic heterocycles. The minimum atomic E-state index is -0.921. The number of carboxylic acid groups (broad SMARTS) is 1. The van der Waals surface area contributed by atoms with Crippen molar-refractivity contribution in [2.24, 2.45) is 5.92 Å². The second-order valence-electron chi connectivity index (χ2n) is 8.02. The fourth-order valence-corrected chi connectivity index (χ4v) is 3.68. The van der Waals surface area contributed by atoms with Gasteiger partial charge >= 0.3 is 5.97 Å². The number of ether oxygens (including phenoxy) is 1. The van der Waals surface area contributed by atoms with Crippen LogP contribution < -0.4 is 0 Å². The molecule has 4 nitrogen and oxygen atoms in total. The van der Waals surface area contributed by atoms with Gasteiger partial charge in [-0.3, -0.25) is 9.59 Å². The van der Waals surface area contributed by atoms with Gasteiger partial charge in [-0.1, -0.05) is 95.5 Å². The van der Waals surface area contributed by atoms with Gasteiger partial charge in [0.1, 0.15) is 5.78 Å². The first-order valence-corrected chi connectivity index (χ1v) is 11.5. The lowest BCUT2D eigenvalue weighted by Gasteiger charge is -2.26. The van der Waals surface area contributed by atoms with Crippen molar-refractivity contribution in [2.45, 2.75) is 104 Å². The van der Waals surface area contributed by atoms with Gasteiger partial charge in [0.15, 0.2) is 0 Å². The second kappa shape index (κ2) is 16.2. The van der Waals surface area contributed by atoms with Gasteiger partial charge in [0.05, 0.1) is 25.0 Å². The number of aliphatic carboxylic acids is 1. The molecule has 1 N–H and O–H groups in total. The van der Waals surface area contributed by atoms with E-state index in [4.69, 9.17) is 4.74 Å². The number of carbonyl (C=O) groups is 2. The van der Waals surface area contributed by atoms with Crippen LogP contribution in [-0.4, -0.2) is 23.0 Å². The molecule has 2 atom stereocenters. The molecule has 1 aromatic carbocycles. The minimum absolute atomic E-state index is 0.0462. The van der Waals surface area contributed by atoms with Crippen molar-refractivity contribution in [3.63, 3.8) is 0 Å². The summed E-state index contributed by atoms with van der Waals surface area (Å²) in [4.78, 5) is 24.3. The fourth-order valence-electron chi connectivity index (χ4n) is 3.68. The predicted molar refractivity (Wildman–Crippen MR) is 118 cm³/mol. The molecule has 0 spiro atoms. The van der Waals surface area contributed by atoms with Crippen LogP contribution in [0.1, 0.15) is 96.5 Å². The average Bonchev–Trinajstić information content (AvgIpc) is 2.72. The molecule has 1 aromatic rings. The molecular formula is C25H40O4. The monoisotopic (exact) mass is 404 g/mol. The van der Waals surface area contributed by atoms with Crippen LogP contribution in [0.2, 0.25) is 0 Å². The smallest absolute Gasteiger partial charge is 0.304 e. The molecule has 0 saturated carbocycles. The highest BCUT2D eigenvalue weighted by atomic mass is 16.5. The molecule has 0 heterocycles. The Bertz CT molecular complexity index is 555. The average molecular weight is 405 g/mol. The van der Waals surface area contributed by atoms with E-state index in [1.54, 1.807) is 0 Å². The van der Waals surface area contributed by atoms with Gasteiger partial charge in [0.25, 0.3) is 0 Å². The molecule has 0 fully saturated rings. The Morgan fingerprint density at radius 2 is 1.52 bits per heavy atom. The Balaban J connectivity index is 2.74. The molecule has 0 bridgehead atoms. The SMILES string of the molecule is CCCCCCCC[C@@H](OCc1ccccc1)[C@H](CC(=O)O)C(=O)CCCCC. The number of hydrogen-bond acceptors (Lipinski definition) is 3. The van der Waals surface area contributed by atoms with E-state index in [0.717, 1.165) is 44.1 Å². The zero-order valence-electron chi connectivity index (χ0n) is 18.4. The largest absolute Gasteiger partial charge is 0.481 e. The van der Waals surface area contributed by atoms with E-state index in [2.05, 4.69) is 13.8 Å². The van der Waals surface area contributed by atoms with Crippen molar-refractivity contribution in [1.82, 2.24) is 0 Å². The third-order valence-electron chi connectivity index (χ3n) is 5.43. The maximum Gasteiger partial charge on any atom is 0.304 e. The highest BCUT2D eigenvalue weighted by Crippen LogP contribution is 2.24. The summed E-state index contributed by atoms with van der Waals surface area (Å²) in [5.74, 6) is -1.43. The van der Waals surface area contributed by atoms with Crippen LogP contribution in [0.3, 0.4) is 0 Å². The third kappa shape index (κ3) is 11.8. The summed E-state index contributed by atoms with van der Waals surface area (Å²) in [6, 6.07) is 9.88. The Kier molecular flexibility index (Phi) is 14.1. The van der Waals surface area contributed by atoms with E-state index >= 15 is 0 Å². The lowest BCUT2D eigenvalue weighted by Crippen LogP contribution is -2.33. The molecule has 0 saturated heterocycles. The number of benzene rings is 1. The lowest BCUT2D eigenvalue weighted by molar-refractivity contribution is -0.144. The number of Topliss-reactive ketones (excluding diaryl/α,β-unsaturated/α-hetero) is 1. The molecule has 0 unspecified atom stereocenters. The molecule has 0 aliphatic heterocycles. The van der Waals surface area contributed by atoms with Crippen LogP contribution >= 0.6 is 0 Å². The molecule has 4 heteroatoms. The molecule has 0 amide bonds. The summed E-state index contributed by atoms with van der Waals surface area (Å²) >= 11 is 0. The van der Waals surface area contributed by atoms with E-state index in [1.807, 2.05) is 30.3 Å². The Labute approximate surface area is 177 Å². The van der Waals surface area contributed by atoms with Gasteiger partial charge in [-0.25, -0.2) is 0 Å². The zero-order valence-corrected chi connectivity index (χ0v) is 18.4. The van der Waals surface area contributed by atoms with E-state index in [0.29, 0.717) is 13.0 Å². The lowest BCUT2D eigenvalue weighted by atomic mass is 9.87. The quantitative estimate of drug-likeness (QED) is 0.281. The Morgan fingerprint density at radius 1 is 0.897 bits per heavy atom. The Morgan fingerprint density at radius 3 is 2.17 bits per heavy atom. The molecule has 164 valence electrons. The summed E-state index contributed by atoms with van der Waals surface area (Å²) in [6.07, 6.45) is 10.6. The maximum atomic E-state index is 12.8. The number of unbranched alkanes of at least 4 members (excludes halogenated alkanes) is 7. The van der Waals surface area contributed by atoms with Crippen LogP contribution in [0, 0.1) is 5.92 Å². The number of ketones is 1. The molecule has 0 aliphatic rings. The predicted octanol–water partition coefficient (Wildman–Crippen LogP) is 6.56. The van der Waals surface area contributed by atoms with Crippen molar-refractivity contribution >= 4 is 11.8 Å². The van der Waals surface area contributed by atoms with Crippen molar-refractivity contribution < 1.29 is 19.4 Å². The minimum Gasteiger partial charge on any atom is -0.481 e. The first kappa shape index (κ1) is 25.4. The first-order valence-electron chi connectivity index (χ1n) is 11.5. The molecular weight excluding hydrogens is 364 g/mol. The van der Waals surface area contributed by atoms with Crippen molar-refractivity contribution in [1.29, 1.82) is 0 Å². The van der Waals surface area contributed by atoms with Gasteiger partial charge in [0.2, 0.25) is 0 Å². The van der Waals surface area contributed by atoms with Crippen LogP contribution in [0.5, 0.6) is 0 Å². The van der Waals surface area contributed by atoms with Crippen LogP contribution in [-0.2, 0) is 20.9 Å². The molecule has 0 radical (unpaired) electrons. The molecule has 0 aliphatic carbocycles. The highest BCUT2D eigenvalue weighted by molar-refractivity contribution is 5.85. The summed E-state index contributed by atoms with van der Waals surface area (Å²) in [5.41, 5.74) is 1.05. The van der Waals surface area contributed by atoms with Gasteiger partial charge in [-0.15, -0.1) is 0 Å². The summed E-state index contributed by atoms with van der Waals surface area (Å²) < 4.78 is 6.16. The zero-order chi connectivity index (χ0) is 21.3. The second-order valence-corrected chi connectivity index (χ2v) is 8.02. The van der Waals surface area contributed by atoms with Crippen molar-refractivity contribution in [2.75, 3.05) is 0 Å². The van der Waals surface area contributed by atoms with Crippen LogP contribution in [0.15, 0.2) is 30.3 Å². The Hall–Kier alpha value is -1.68. The van der Waals surface area contributed by atoms with Gasteiger partial charge < -0.3 is 9.84 Å². The summed E-state index contributed by atoms with van der Waals surface area (Å²) in [6.45, 7) is 4.72. The molecule has 1 rings (SSSR count). The van der Waals surface area contributed by atoms with E-state index < -0.39 is 11.9 Å². The van der Waals surface area contributed by atoms with Crippen LogP contribution in [0.25, 0.3) is 0 Å². The summed E-state index contributed by atoms with van der Waals surface area (Å²) in [5, 5.41) is 9.40. The van der Waals surface area contributed by atoms with Gasteiger partial charge in [-0.2, -0.15) is 0 Å². The van der Waals surface area contributed by atoms with Crippen molar-refractivity contribution in [3.05, 3.63) is 35.9 Å². The van der Waals surface area contributed by atoms with Crippen LogP contribution in [0.4, 0.5) is 0 Å². The van der Waals surface area contributed by atoms with Crippen molar-refractivity contribution in [3.8, 4) is 0 Å². The topological polar surface area (TPSA) is 63.6 Å². The third-order valence-corrected chi connectivity index (χ3v) is 5.43. The standard InChI is InChI=1S/C25H40O4/c1-3-5-7-8-9-14-18-24(29-20-21-15-12-10-13-16-21)22(19-25(27)28)23(26)17-11-6-4-2/h10,12-13,15-16,22,24H,3-9,11,14,17-20H2,1-2H3,(H,27,28)/t22-,24-/m1/s1. The van der Waals surface area contributed by atoms with Gasteiger partial charge in [0, 0.05) is 6.42 Å². The van der Waals surface area contributed by atoms with E-state index in [-0.39, 0.29) is 18.3 Å².